The number of benzene rings is 13. The van der Waals surface area contributed by atoms with Gasteiger partial charge in [0.2, 0.25) is 0 Å². The number of pyridine rings is 3. The Hall–Kier alpha value is -12.3. The van der Waals surface area contributed by atoms with Crippen LogP contribution in [0.3, 0.4) is 0 Å². The van der Waals surface area contributed by atoms with Gasteiger partial charge in [-0.15, -0.1) is 0 Å². The van der Waals surface area contributed by atoms with E-state index in [0.717, 1.165) is 11.5 Å². The van der Waals surface area contributed by atoms with Gasteiger partial charge < -0.3 is 0 Å². The van der Waals surface area contributed by atoms with Crippen LogP contribution in [-0.2, 0) is 0 Å². The van der Waals surface area contributed by atoms with E-state index in [0.29, 0.717) is 0 Å². The first-order valence-corrected chi connectivity index (χ1v) is 34.2. The molecule has 17 aromatic rings. The van der Waals surface area contributed by atoms with Gasteiger partial charge in [-0.25, -0.2) is 9.97 Å². The van der Waals surface area contributed by atoms with Gasteiger partial charge >= 0.3 is 0 Å². The standard InChI is InChI=1S/3C17H14.2C11H10.3C6H7N.C5H6N2/c1-13-11-15-9-5-6-10-16(15)17(12-13)14-7-3-2-4-8-14;1-13-10-11-17-15(12-13)8-5-9-16(17)14-6-3-2-4-7-14;1-13-7-8-17-12-16(10-9-15(17)11-13)14-5-3-2-4-6-14;1-9-5-4-7-10-6-2-3-8-11(9)10;1-9-6-7-10-4-2-3-5-11(10)8-9;1-6-2-4-7-5-3-6;1-6-3-2-4-7-5-6;1-6-4-2-3-5-7-6;1-5-6-3-2-4-7-5/h3*2-12H,1H3;2*2-8H,1H3;3*2-5H,1H3;2-4H,1H3. The van der Waals surface area contributed by atoms with Crippen molar-refractivity contribution >= 4 is 53.9 Å². The maximum atomic E-state index is 3.98. The van der Waals surface area contributed by atoms with Crippen LogP contribution in [0, 0.1) is 62.3 Å². The van der Waals surface area contributed by atoms with Crippen LogP contribution in [0.4, 0.5) is 0 Å². The zero-order chi connectivity index (χ0) is 70.8. The average Bonchev–Trinajstić information content (AvgIpc) is 0.818. The number of hydrogen-bond donors (Lipinski definition) is 0. The lowest BCUT2D eigenvalue weighted by Crippen LogP contribution is -1.83. The number of hydrogen-bond acceptors (Lipinski definition) is 5. The molecule has 0 radical (unpaired) electrons. The summed E-state index contributed by atoms with van der Waals surface area (Å²) in [6, 6.07) is 116. The Morgan fingerprint density at radius 2 is 0.663 bits per heavy atom. The lowest BCUT2D eigenvalue weighted by Gasteiger charge is -2.08. The van der Waals surface area contributed by atoms with Gasteiger partial charge in [0.25, 0.3) is 0 Å². The SMILES string of the molecule is Cc1cc(-c2ccccc2)c2ccccc2c1.Cc1ccc2c(-c3ccccc3)cccc2c1.Cc1ccc2cc(-c3ccccc3)ccc2c1.Cc1ccc2ccccc2c1.Cc1cccc2ccccc12.Cc1ccccn1.Cc1cccnc1.Cc1ccncc1.Cc1ncccn1. The molecule has 5 nitrogen and oxygen atoms in total. The van der Waals surface area contributed by atoms with Crippen molar-refractivity contribution in [1.29, 1.82) is 0 Å². The summed E-state index contributed by atoms with van der Waals surface area (Å²) in [4.78, 5) is 19.4. The molecule has 13 aromatic carbocycles. The second-order valence-corrected chi connectivity index (χ2v) is 24.7. The summed E-state index contributed by atoms with van der Waals surface area (Å²) in [5.74, 6) is 0.822. The minimum Gasteiger partial charge on any atom is -0.265 e. The van der Waals surface area contributed by atoms with Crippen molar-refractivity contribution in [3.8, 4) is 33.4 Å². The summed E-state index contributed by atoms with van der Waals surface area (Å²) in [6.45, 7) is 18.6. The largest absolute Gasteiger partial charge is 0.265 e. The number of nitrogens with zero attached hydrogens (tertiary/aromatic N) is 5. The van der Waals surface area contributed by atoms with E-state index in [-0.39, 0.29) is 0 Å². The first kappa shape index (κ1) is 72.9. The van der Waals surface area contributed by atoms with Gasteiger partial charge in [0.05, 0.1) is 0 Å². The summed E-state index contributed by atoms with van der Waals surface area (Å²) >= 11 is 0. The Kier molecular flexibility index (Phi) is 28.3. The molecule has 101 heavy (non-hydrogen) atoms. The van der Waals surface area contributed by atoms with Crippen LogP contribution in [0.5, 0.6) is 0 Å². The molecular weight excluding hydrogens is 1220 g/mol. The van der Waals surface area contributed by atoms with Crippen LogP contribution in [0.15, 0.2) is 377 Å². The second-order valence-electron chi connectivity index (χ2n) is 24.7. The third-order valence-corrected chi connectivity index (χ3v) is 16.4. The Labute approximate surface area is 598 Å². The lowest BCUT2D eigenvalue weighted by molar-refractivity contribution is 1.05. The molecule has 4 heterocycles. The summed E-state index contributed by atoms with van der Waals surface area (Å²) in [6.07, 6.45) is 12.4. The highest BCUT2D eigenvalue weighted by atomic mass is 14.8. The first-order valence-electron chi connectivity index (χ1n) is 34.2. The molecule has 0 fully saturated rings. The van der Waals surface area contributed by atoms with Gasteiger partial charge in [-0.05, 0) is 214 Å². The van der Waals surface area contributed by atoms with Crippen LogP contribution in [0.2, 0.25) is 0 Å². The van der Waals surface area contributed by atoms with Crippen LogP contribution >= 0.6 is 0 Å². The molecule has 498 valence electrons. The molecule has 0 aliphatic carbocycles. The van der Waals surface area contributed by atoms with Crippen LogP contribution in [-0.4, -0.2) is 24.9 Å². The van der Waals surface area contributed by atoms with Crippen molar-refractivity contribution in [3.63, 3.8) is 0 Å². The van der Waals surface area contributed by atoms with Crippen LogP contribution in [0.1, 0.15) is 50.5 Å². The third-order valence-electron chi connectivity index (χ3n) is 16.4. The van der Waals surface area contributed by atoms with E-state index >= 15 is 0 Å². The van der Waals surface area contributed by atoms with Crippen molar-refractivity contribution in [1.82, 2.24) is 24.9 Å². The zero-order valence-electron chi connectivity index (χ0n) is 59.5. The molecule has 0 atom stereocenters. The van der Waals surface area contributed by atoms with Crippen LogP contribution in [0.25, 0.3) is 87.2 Å². The summed E-state index contributed by atoms with van der Waals surface area (Å²) < 4.78 is 0. The fourth-order valence-corrected chi connectivity index (χ4v) is 11.2. The highest BCUT2D eigenvalue weighted by molar-refractivity contribution is 5.98. The van der Waals surface area contributed by atoms with E-state index in [9.17, 15) is 0 Å². The Balaban J connectivity index is 0.000000135. The van der Waals surface area contributed by atoms with E-state index in [1.165, 1.54) is 126 Å². The van der Waals surface area contributed by atoms with Gasteiger partial charge in [0, 0.05) is 49.1 Å². The third kappa shape index (κ3) is 23.7. The van der Waals surface area contributed by atoms with Crippen molar-refractivity contribution in [2.45, 2.75) is 62.3 Å². The highest BCUT2D eigenvalue weighted by Gasteiger charge is 2.06. The van der Waals surface area contributed by atoms with Gasteiger partial charge in [-0.1, -0.05) is 308 Å². The molecule has 0 bridgehead atoms. The quantitative estimate of drug-likeness (QED) is 0.176. The number of aryl methyl sites for hydroxylation is 9. The van der Waals surface area contributed by atoms with Gasteiger partial charge in [-0.2, -0.15) is 0 Å². The normalized spacial score (nSPS) is 10.0. The lowest BCUT2D eigenvalue weighted by atomic mass is 9.96. The highest BCUT2D eigenvalue weighted by Crippen LogP contribution is 2.31. The van der Waals surface area contributed by atoms with E-state index in [2.05, 4.69) is 339 Å². The maximum absolute atomic E-state index is 3.98. The maximum Gasteiger partial charge on any atom is 0.125 e. The summed E-state index contributed by atoms with van der Waals surface area (Å²) in [5.41, 5.74) is 17.9. The Bertz CT molecular complexity index is 5070. The van der Waals surface area contributed by atoms with Gasteiger partial charge in [0.1, 0.15) is 5.82 Å². The topological polar surface area (TPSA) is 64.5 Å². The molecule has 4 aromatic heterocycles. The monoisotopic (exact) mass is 1310 g/mol. The minimum absolute atomic E-state index is 0.822. The predicted octanol–water partition coefficient (Wildman–Crippen LogP) is 25.7. The molecule has 0 saturated heterocycles. The molecule has 5 heteroatoms. The fourth-order valence-electron chi connectivity index (χ4n) is 11.2. The van der Waals surface area contributed by atoms with Crippen molar-refractivity contribution < 1.29 is 0 Å². The van der Waals surface area contributed by atoms with Gasteiger partial charge in [0.15, 0.2) is 0 Å². The Morgan fingerprint density at radius 3 is 1.21 bits per heavy atom. The average molecular weight is 1310 g/mol. The fraction of sp³-hybridized carbons (Fsp3) is 0.0938. The Morgan fingerprint density at radius 1 is 0.198 bits per heavy atom. The second kappa shape index (κ2) is 39.2. The molecule has 0 amide bonds. The molecule has 0 saturated carbocycles. The summed E-state index contributed by atoms with van der Waals surface area (Å²) in [7, 11) is 0. The predicted molar refractivity (Wildman–Crippen MR) is 433 cm³/mol. The molecule has 0 N–H and O–H groups in total. The molecule has 0 unspecified atom stereocenters. The number of rotatable bonds is 3. The first-order chi connectivity index (χ1) is 49.3. The molecule has 17 rings (SSSR count). The van der Waals surface area contributed by atoms with Crippen molar-refractivity contribution in [2.24, 2.45) is 0 Å². The van der Waals surface area contributed by atoms with Crippen LogP contribution < -0.4 is 0 Å². The summed E-state index contributed by atoms with van der Waals surface area (Å²) in [5, 5.41) is 13.2. The number of fused-ring (bicyclic) bond motifs is 5. The molecule has 0 aliphatic heterocycles. The van der Waals surface area contributed by atoms with Crippen molar-refractivity contribution in [2.75, 3.05) is 0 Å². The van der Waals surface area contributed by atoms with E-state index in [1.807, 2.05) is 82.4 Å². The number of aromatic nitrogens is 5. The molecule has 0 spiro atoms. The smallest absolute Gasteiger partial charge is 0.125 e. The van der Waals surface area contributed by atoms with E-state index in [4.69, 9.17) is 0 Å². The van der Waals surface area contributed by atoms with E-state index in [1.54, 1.807) is 43.2 Å². The van der Waals surface area contributed by atoms with E-state index < -0.39 is 0 Å². The van der Waals surface area contributed by atoms with Crippen molar-refractivity contribution in [3.05, 3.63) is 427 Å². The molecule has 0 aliphatic rings. The van der Waals surface area contributed by atoms with Gasteiger partial charge in [-0.3, -0.25) is 15.0 Å². The minimum atomic E-state index is 0.822. The zero-order valence-corrected chi connectivity index (χ0v) is 59.5. The molecular formula is C96H89N5.